The van der Waals surface area contributed by atoms with Crippen molar-refractivity contribution in [3.63, 3.8) is 0 Å². The lowest BCUT2D eigenvalue weighted by atomic mass is 9.92. The molecule has 2 aliphatic heterocycles. The maximum Gasteiger partial charge on any atom is 0.317 e. The molecule has 7 heteroatoms. The third-order valence-electron chi connectivity index (χ3n) is 5.29. The number of carbonyl (C=O) groups is 2. The Morgan fingerprint density at radius 3 is 2.37 bits per heavy atom. The molecule has 3 unspecified atom stereocenters. The van der Waals surface area contributed by atoms with E-state index in [4.69, 9.17) is 9.47 Å². The summed E-state index contributed by atoms with van der Waals surface area (Å²) < 4.78 is 10.6. The first-order chi connectivity index (χ1) is 12.9. The Labute approximate surface area is 160 Å². The predicted octanol–water partition coefficient (Wildman–Crippen LogP) is 2.50. The maximum absolute atomic E-state index is 12.6. The van der Waals surface area contributed by atoms with Crippen molar-refractivity contribution in [1.29, 1.82) is 0 Å². The average Bonchev–Trinajstić information content (AvgIpc) is 3.00. The van der Waals surface area contributed by atoms with Crippen LogP contribution in [0.15, 0.2) is 18.2 Å². The van der Waals surface area contributed by atoms with Crippen LogP contribution in [0.1, 0.15) is 26.7 Å². The third kappa shape index (κ3) is 4.28. The zero-order valence-electron chi connectivity index (χ0n) is 16.5. The highest BCUT2D eigenvalue weighted by atomic mass is 16.5. The van der Waals surface area contributed by atoms with E-state index in [1.54, 1.807) is 31.3 Å². The minimum Gasteiger partial charge on any atom is -0.493 e. The van der Waals surface area contributed by atoms with Gasteiger partial charge in [0.05, 0.1) is 20.3 Å². The first-order valence-corrected chi connectivity index (χ1v) is 9.49. The average molecular weight is 375 g/mol. The lowest BCUT2D eigenvalue weighted by Crippen LogP contribution is -2.50. The molecule has 1 aromatic carbocycles. The van der Waals surface area contributed by atoms with Crippen molar-refractivity contribution in [3.8, 4) is 11.5 Å². The zero-order valence-corrected chi connectivity index (χ0v) is 16.5. The predicted molar refractivity (Wildman–Crippen MR) is 103 cm³/mol. The van der Waals surface area contributed by atoms with Crippen LogP contribution in [0.5, 0.6) is 11.5 Å². The normalized spacial score (nSPS) is 25.5. The number of ether oxygens (including phenoxy) is 2. The quantitative estimate of drug-likeness (QED) is 0.878. The highest BCUT2D eigenvalue weighted by Gasteiger charge is 2.34. The summed E-state index contributed by atoms with van der Waals surface area (Å²) in [6, 6.07) is 5.14. The Bertz CT molecular complexity index is 698. The lowest BCUT2D eigenvalue weighted by Gasteiger charge is -2.35. The number of likely N-dealkylation sites (tertiary alicyclic amines) is 1. The number of anilines is 1. The second-order valence-electron chi connectivity index (χ2n) is 7.75. The molecule has 2 saturated heterocycles. The maximum atomic E-state index is 12.6. The van der Waals surface area contributed by atoms with Gasteiger partial charge < -0.3 is 24.6 Å². The number of piperidine rings is 1. The summed E-state index contributed by atoms with van der Waals surface area (Å²) in [6.45, 7) is 6.35. The van der Waals surface area contributed by atoms with Gasteiger partial charge in [-0.05, 0) is 30.4 Å². The van der Waals surface area contributed by atoms with E-state index in [0.717, 1.165) is 25.2 Å². The molecule has 0 saturated carbocycles. The van der Waals surface area contributed by atoms with Crippen molar-refractivity contribution in [2.45, 2.75) is 32.7 Å². The molecular weight excluding hydrogens is 346 g/mol. The van der Waals surface area contributed by atoms with Gasteiger partial charge in [0.1, 0.15) is 0 Å². The van der Waals surface area contributed by atoms with Gasteiger partial charge in [-0.3, -0.25) is 4.79 Å². The summed E-state index contributed by atoms with van der Waals surface area (Å²) in [4.78, 5) is 28.7. The van der Waals surface area contributed by atoms with Crippen molar-refractivity contribution in [2.75, 3.05) is 38.8 Å². The van der Waals surface area contributed by atoms with Crippen molar-refractivity contribution in [1.82, 2.24) is 10.2 Å². The van der Waals surface area contributed by atoms with E-state index in [1.165, 1.54) is 0 Å². The van der Waals surface area contributed by atoms with Gasteiger partial charge in [0.25, 0.3) is 0 Å². The van der Waals surface area contributed by atoms with Crippen LogP contribution in [0.25, 0.3) is 0 Å². The number of methoxy groups -OCH3 is 2. The Morgan fingerprint density at radius 1 is 1.07 bits per heavy atom. The molecule has 2 heterocycles. The first-order valence-electron chi connectivity index (χ1n) is 9.49. The van der Waals surface area contributed by atoms with Crippen molar-refractivity contribution in [3.05, 3.63) is 18.2 Å². The SMILES string of the molecule is COc1ccc(N2CC(NC(=O)N3CC(C)CC(C)C3)CC2=O)cc1OC. The van der Waals surface area contributed by atoms with Crippen LogP contribution in [0.4, 0.5) is 10.5 Å². The Kier molecular flexibility index (Phi) is 5.77. The highest BCUT2D eigenvalue weighted by molar-refractivity contribution is 5.97. The standard InChI is InChI=1S/C20H29N3O4/c1-13-7-14(2)11-22(10-13)20(25)21-15-8-19(24)23(12-15)16-5-6-17(26-3)18(9-16)27-4/h5-6,9,13-15H,7-8,10-12H2,1-4H3,(H,21,25). The van der Waals surface area contributed by atoms with Crippen LogP contribution in [-0.4, -0.2) is 56.7 Å². The van der Waals surface area contributed by atoms with E-state index in [2.05, 4.69) is 19.2 Å². The Hall–Kier alpha value is -2.44. The molecule has 0 aliphatic carbocycles. The van der Waals surface area contributed by atoms with E-state index in [0.29, 0.717) is 36.3 Å². The molecule has 3 amide bonds. The topological polar surface area (TPSA) is 71.1 Å². The fourth-order valence-electron chi connectivity index (χ4n) is 4.14. The van der Waals surface area contributed by atoms with Crippen molar-refractivity contribution >= 4 is 17.6 Å². The molecule has 148 valence electrons. The number of urea groups is 1. The van der Waals surface area contributed by atoms with Crippen molar-refractivity contribution < 1.29 is 19.1 Å². The molecule has 3 atom stereocenters. The van der Waals surface area contributed by atoms with E-state index >= 15 is 0 Å². The number of hydrogen-bond donors (Lipinski definition) is 1. The molecule has 0 radical (unpaired) electrons. The van der Waals surface area contributed by atoms with Crippen LogP contribution in [-0.2, 0) is 4.79 Å². The second kappa shape index (κ2) is 8.06. The van der Waals surface area contributed by atoms with Gasteiger partial charge in [0.15, 0.2) is 11.5 Å². The fourth-order valence-corrected chi connectivity index (χ4v) is 4.14. The summed E-state index contributed by atoms with van der Waals surface area (Å²) in [5.41, 5.74) is 0.745. The second-order valence-corrected chi connectivity index (χ2v) is 7.75. The molecular formula is C20H29N3O4. The molecule has 0 aromatic heterocycles. The largest absolute Gasteiger partial charge is 0.493 e. The van der Waals surface area contributed by atoms with Crippen molar-refractivity contribution in [2.24, 2.45) is 11.8 Å². The van der Waals surface area contributed by atoms with Gasteiger partial charge in [-0.15, -0.1) is 0 Å². The summed E-state index contributed by atoms with van der Waals surface area (Å²) in [7, 11) is 3.14. The van der Waals surface area contributed by atoms with Gasteiger partial charge in [-0.2, -0.15) is 0 Å². The zero-order chi connectivity index (χ0) is 19.6. The molecule has 3 rings (SSSR count). The van der Waals surface area contributed by atoms with E-state index < -0.39 is 0 Å². The summed E-state index contributed by atoms with van der Waals surface area (Å²) in [5.74, 6) is 2.20. The Balaban J connectivity index is 1.64. The number of carbonyl (C=O) groups excluding carboxylic acids is 2. The van der Waals surface area contributed by atoms with Crippen LogP contribution in [0.3, 0.4) is 0 Å². The van der Waals surface area contributed by atoms with Gasteiger partial charge >= 0.3 is 6.03 Å². The lowest BCUT2D eigenvalue weighted by molar-refractivity contribution is -0.117. The molecule has 1 N–H and O–H groups in total. The van der Waals surface area contributed by atoms with Gasteiger partial charge in [0, 0.05) is 37.8 Å². The number of nitrogens with zero attached hydrogens (tertiary/aromatic N) is 2. The van der Waals surface area contributed by atoms with E-state index in [-0.39, 0.29) is 18.0 Å². The molecule has 2 fully saturated rings. The molecule has 27 heavy (non-hydrogen) atoms. The smallest absolute Gasteiger partial charge is 0.317 e. The van der Waals surface area contributed by atoms with E-state index in [9.17, 15) is 9.59 Å². The molecule has 2 aliphatic rings. The first kappa shape index (κ1) is 19.3. The summed E-state index contributed by atoms with van der Waals surface area (Å²) >= 11 is 0. The van der Waals surface area contributed by atoms with Crippen LogP contribution >= 0.6 is 0 Å². The minimum absolute atomic E-state index is 0.00657. The molecule has 7 nitrogen and oxygen atoms in total. The summed E-state index contributed by atoms with van der Waals surface area (Å²) in [5, 5.41) is 3.04. The molecule has 0 bridgehead atoms. The van der Waals surface area contributed by atoms with Gasteiger partial charge in [0.2, 0.25) is 5.91 Å². The fraction of sp³-hybridized carbons (Fsp3) is 0.600. The molecule has 0 spiro atoms. The van der Waals surface area contributed by atoms with Crippen LogP contribution in [0, 0.1) is 11.8 Å². The highest BCUT2D eigenvalue weighted by Crippen LogP contribution is 2.33. The number of rotatable bonds is 4. The Morgan fingerprint density at radius 2 is 1.74 bits per heavy atom. The number of amides is 3. The number of nitrogens with one attached hydrogen (secondary N) is 1. The molecule has 1 aromatic rings. The third-order valence-corrected chi connectivity index (χ3v) is 5.29. The van der Waals surface area contributed by atoms with Crippen LogP contribution in [0.2, 0.25) is 0 Å². The monoisotopic (exact) mass is 375 g/mol. The number of benzene rings is 1. The van der Waals surface area contributed by atoms with Gasteiger partial charge in [-0.25, -0.2) is 4.79 Å². The summed E-state index contributed by atoms with van der Waals surface area (Å²) in [6.07, 6.45) is 1.46. The van der Waals surface area contributed by atoms with E-state index in [1.807, 2.05) is 11.0 Å². The van der Waals surface area contributed by atoms with Crippen LogP contribution < -0.4 is 19.7 Å². The van der Waals surface area contributed by atoms with Gasteiger partial charge in [-0.1, -0.05) is 13.8 Å². The minimum atomic E-state index is -0.189. The number of hydrogen-bond acceptors (Lipinski definition) is 4.